The van der Waals surface area contributed by atoms with Crippen LogP contribution in [0, 0.1) is 0 Å². The van der Waals surface area contributed by atoms with Gasteiger partial charge in [-0.15, -0.1) is 0 Å². The Morgan fingerprint density at radius 2 is 2.20 bits per heavy atom. The van der Waals surface area contributed by atoms with Gasteiger partial charge in [-0.3, -0.25) is 0 Å². The van der Waals surface area contributed by atoms with Gasteiger partial charge in [-0.05, 0) is 24.1 Å². The molecule has 2 aromatic rings. The van der Waals surface area contributed by atoms with Crippen molar-refractivity contribution < 1.29 is 4.74 Å². The Balaban J connectivity index is 2.53. The summed E-state index contributed by atoms with van der Waals surface area (Å²) >= 11 is 0. The maximum Gasteiger partial charge on any atom is 0.122 e. The Morgan fingerprint density at radius 3 is 2.93 bits per heavy atom. The first-order chi connectivity index (χ1) is 7.36. The van der Waals surface area contributed by atoms with Crippen LogP contribution >= 0.6 is 0 Å². The van der Waals surface area contributed by atoms with Gasteiger partial charge in [0.15, 0.2) is 0 Å². The van der Waals surface area contributed by atoms with Crippen molar-refractivity contribution in [2.24, 2.45) is 0 Å². The van der Waals surface area contributed by atoms with Crippen LogP contribution in [0.25, 0.3) is 10.9 Å². The largest absolute Gasteiger partial charge is 0.364 e. The average molecular weight is 204 g/mol. The van der Waals surface area contributed by atoms with E-state index >= 15 is 0 Å². The van der Waals surface area contributed by atoms with Crippen LogP contribution in [0.3, 0.4) is 0 Å². The summed E-state index contributed by atoms with van der Waals surface area (Å²) in [6.07, 6.45) is 2.06. The van der Waals surface area contributed by atoms with E-state index < -0.39 is 0 Å². The SMILES string of the molecule is CNCc1cccc2ccn(COC)c12. The smallest absolute Gasteiger partial charge is 0.122 e. The molecule has 0 atom stereocenters. The molecule has 1 heterocycles. The number of fused-ring (bicyclic) bond motifs is 1. The number of methoxy groups -OCH3 is 1. The topological polar surface area (TPSA) is 26.2 Å². The van der Waals surface area contributed by atoms with Gasteiger partial charge < -0.3 is 14.6 Å². The second-order valence-electron chi connectivity index (χ2n) is 3.59. The molecule has 0 saturated carbocycles. The minimum Gasteiger partial charge on any atom is -0.364 e. The van der Waals surface area contributed by atoms with E-state index in [1.165, 1.54) is 16.5 Å². The van der Waals surface area contributed by atoms with Gasteiger partial charge in [0, 0.05) is 19.9 Å². The first kappa shape index (κ1) is 10.2. The molecule has 0 radical (unpaired) electrons. The first-order valence-electron chi connectivity index (χ1n) is 5.07. The zero-order valence-corrected chi connectivity index (χ0v) is 9.16. The van der Waals surface area contributed by atoms with E-state index in [0.717, 1.165) is 6.54 Å². The van der Waals surface area contributed by atoms with Crippen molar-refractivity contribution in [3.63, 3.8) is 0 Å². The molecule has 80 valence electrons. The molecule has 1 aromatic heterocycles. The molecule has 3 nitrogen and oxygen atoms in total. The molecule has 2 rings (SSSR count). The number of nitrogens with zero attached hydrogens (tertiary/aromatic N) is 1. The zero-order valence-electron chi connectivity index (χ0n) is 9.16. The van der Waals surface area contributed by atoms with E-state index in [4.69, 9.17) is 4.74 Å². The van der Waals surface area contributed by atoms with E-state index in [0.29, 0.717) is 6.73 Å². The minimum atomic E-state index is 0.601. The predicted octanol–water partition coefficient (Wildman–Crippen LogP) is 1.96. The summed E-state index contributed by atoms with van der Waals surface area (Å²) in [6.45, 7) is 1.48. The van der Waals surface area contributed by atoms with Crippen LogP contribution in [0.2, 0.25) is 0 Å². The Labute approximate surface area is 89.7 Å². The van der Waals surface area contributed by atoms with E-state index in [9.17, 15) is 0 Å². The van der Waals surface area contributed by atoms with Gasteiger partial charge in [0.2, 0.25) is 0 Å². The number of nitrogens with one attached hydrogen (secondary N) is 1. The van der Waals surface area contributed by atoms with Gasteiger partial charge in [0.1, 0.15) is 6.73 Å². The lowest BCUT2D eigenvalue weighted by molar-refractivity contribution is 0.135. The van der Waals surface area contributed by atoms with Crippen molar-refractivity contribution in [1.82, 2.24) is 9.88 Å². The minimum absolute atomic E-state index is 0.601. The van der Waals surface area contributed by atoms with E-state index in [1.807, 2.05) is 7.05 Å². The Bertz CT molecular complexity index is 448. The molecule has 0 amide bonds. The summed E-state index contributed by atoms with van der Waals surface area (Å²) in [5.41, 5.74) is 2.56. The first-order valence-corrected chi connectivity index (χ1v) is 5.07. The lowest BCUT2D eigenvalue weighted by Gasteiger charge is -2.08. The molecule has 1 N–H and O–H groups in total. The molecule has 15 heavy (non-hydrogen) atoms. The number of hydrogen-bond donors (Lipinski definition) is 1. The van der Waals surface area contributed by atoms with Crippen LogP contribution in [0.1, 0.15) is 5.56 Å². The molecular formula is C12H16N2O. The van der Waals surface area contributed by atoms with E-state index in [-0.39, 0.29) is 0 Å². The van der Waals surface area contributed by atoms with Gasteiger partial charge in [-0.25, -0.2) is 0 Å². The van der Waals surface area contributed by atoms with Crippen LogP contribution in [-0.4, -0.2) is 18.7 Å². The van der Waals surface area contributed by atoms with Crippen molar-refractivity contribution in [3.05, 3.63) is 36.0 Å². The van der Waals surface area contributed by atoms with Gasteiger partial charge in [-0.2, -0.15) is 0 Å². The van der Waals surface area contributed by atoms with E-state index in [2.05, 4.69) is 40.3 Å². The van der Waals surface area contributed by atoms with Crippen LogP contribution in [0.5, 0.6) is 0 Å². The third-order valence-corrected chi connectivity index (χ3v) is 2.51. The number of rotatable bonds is 4. The summed E-state index contributed by atoms with van der Waals surface area (Å²) < 4.78 is 7.30. The van der Waals surface area contributed by atoms with Crippen molar-refractivity contribution in [2.45, 2.75) is 13.3 Å². The maximum atomic E-state index is 5.17. The molecule has 1 aromatic carbocycles. The van der Waals surface area contributed by atoms with Crippen molar-refractivity contribution >= 4 is 10.9 Å². The molecule has 0 fully saturated rings. The fourth-order valence-corrected chi connectivity index (χ4v) is 1.92. The standard InChI is InChI=1S/C12H16N2O/c1-13-8-11-5-3-4-10-6-7-14(9-15-2)12(10)11/h3-7,13H,8-9H2,1-2H3. The van der Waals surface area contributed by atoms with Crippen LogP contribution < -0.4 is 5.32 Å². The second kappa shape index (κ2) is 4.47. The van der Waals surface area contributed by atoms with Crippen LogP contribution in [0.15, 0.2) is 30.5 Å². The van der Waals surface area contributed by atoms with Crippen molar-refractivity contribution in [1.29, 1.82) is 0 Å². The number of hydrogen-bond acceptors (Lipinski definition) is 2. The lowest BCUT2D eigenvalue weighted by atomic mass is 10.1. The highest BCUT2D eigenvalue weighted by Gasteiger charge is 2.04. The highest BCUT2D eigenvalue weighted by atomic mass is 16.5. The van der Waals surface area contributed by atoms with E-state index in [1.54, 1.807) is 7.11 Å². The van der Waals surface area contributed by atoms with Gasteiger partial charge >= 0.3 is 0 Å². The molecule has 0 aliphatic heterocycles. The Hall–Kier alpha value is -1.32. The summed E-state index contributed by atoms with van der Waals surface area (Å²) in [4.78, 5) is 0. The number of ether oxygens (including phenoxy) is 1. The Morgan fingerprint density at radius 1 is 1.33 bits per heavy atom. The van der Waals surface area contributed by atoms with Crippen LogP contribution in [0.4, 0.5) is 0 Å². The average Bonchev–Trinajstić information content (AvgIpc) is 2.64. The van der Waals surface area contributed by atoms with Gasteiger partial charge in [0.05, 0.1) is 5.52 Å². The molecular weight excluding hydrogens is 188 g/mol. The maximum absolute atomic E-state index is 5.17. The Kier molecular flexibility index (Phi) is 3.04. The molecule has 0 unspecified atom stereocenters. The summed E-state index contributed by atoms with van der Waals surface area (Å²) in [5, 5.41) is 4.44. The molecule has 0 spiro atoms. The molecule has 3 heteroatoms. The normalized spacial score (nSPS) is 11.1. The van der Waals surface area contributed by atoms with Gasteiger partial charge in [0.25, 0.3) is 0 Å². The monoisotopic (exact) mass is 204 g/mol. The number of aromatic nitrogens is 1. The summed E-state index contributed by atoms with van der Waals surface area (Å²) in [7, 11) is 3.68. The van der Waals surface area contributed by atoms with Crippen molar-refractivity contribution in [3.8, 4) is 0 Å². The van der Waals surface area contributed by atoms with Gasteiger partial charge in [-0.1, -0.05) is 18.2 Å². The molecule has 0 bridgehead atoms. The molecule has 0 saturated heterocycles. The third-order valence-electron chi connectivity index (χ3n) is 2.51. The fraction of sp³-hybridized carbons (Fsp3) is 0.333. The molecule has 0 aliphatic rings. The zero-order chi connectivity index (χ0) is 10.7. The number of benzene rings is 1. The lowest BCUT2D eigenvalue weighted by Crippen LogP contribution is -2.07. The molecule has 0 aliphatic carbocycles. The highest BCUT2D eigenvalue weighted by molar-refractivity contribution is 5.83. The second-order valence-corrected chi connectivity index (χ2v) is 3.59. The summed E-state index contributed by atoms with van der Waals surface area (Å²) in [6, 6.07) is 8.48. The van der Waals surface area contributed by atoms with Crippen LogP contribution in [-0.2, 0) is 18.0 Å². The third kappa shape index (κ3) is 1.89. The van der Waals surface area contributed by atoms with Crippen molar-refractivity contribution in [2.75, 3.05) is 14.2 Å². The predicted molar refractivity (Wildman–Crippen MR) is 61.7 cm³/mol. The number of para-hydroxylation sites is 1. The highest BCUT2D eigenvalue weighted by Crippen LogP contribution is 2.20. The fourth-order valence-electron chi connectivity index (χ4n) is 1.92. The summed E-state index contributed by atoms with van der Waals surface area (Å²) in [5.74, 6) is 0. The quantitative estimate of drug-likeness (QED) is 0.824.